The van der Waals surface area contributed by atoms with E-state index in [2.05, 4.69) is 10.3 Å². The summed E-state index contributed by atoms with van der Waals surface area (Å²) in [6, 6.07) is 14.5. The van der Waals surface area contributed by atoms with Gasteiger partial charge in [0.05, 0.1) is 5.69 Å². The molecule has 3 N–H and O–H groups in total. The first-order valence-corrected chi connectivity index (χ1v) is 9.03. The third-order valence-electron chi connectivity index (χ3n) is 4.52. The molecule has 0 saturated heterocycles. The van der Waals surface area contributed by atoms with Gasteiger partial charge in [-0.25, -0.2) is 4.98 Å². The van der Waals surface area contributed by atoms with E-state index in [-0.39, 0.29) is 24.9 Å². The lowest BCUT2D eigenvalue weighted by Crippen LogP contribution is -2.25. The van der Waals surface area contributed by atoms with Crippen molar-refractivity contribution in [3.63, 3.8) is 0 Å². The Bertz CT molecular complexity index is 1050. The summed E-state index contributed by atoms with van der Waals surface area (Å²) >= 11 is 5.97. The molecular weight excluding hydrogens is 380 g/mol. The van der Waals surface area contributed by atoms with E-state index in [1.165, 1.54) is 0 Å². The first kappa shape index (κ1) is 18.1. The van der Waals surface area contributed by atoms with Gasteiger partial charge in [-0.05, 0) is 42.0 Å². The fraction of sp³-hybridized carbons (Fsp3) is 0.150. The van der Waals surface area contributed by atoms with Crippen molar-refractivity contribution in [2.75, 3.05) is 11.9 Å². The molecular formula is C20H17ClN4O3. The van der Waals surface area contributed by atoms with E-state index in [4.69, 9.17) is 22.1 Å². The monoisotopic (exact) mass is 396 g/mol. The molecule has 3 aromatic rings. The van der Waals surface area contributed by atoms with E-state index < -0.39 is 5.91 Å². The van der Waals surface area contributed by atoms with Gasteiger partial charge in [0, 0.05) is 23.0 Å². The standard InChI is InChI=1S/C20H17ClN4O3/c21-13-4-6-14(7-5-13)25-11-23-19-16(9-18(27)24-20(19)25)12-2-1-3-15(8-12)28-10-17(22)26/h1-8,11,16H,9-10H2,(H2,22,26)(H,24,27). The Morgan fingerprint density at radius 2 is 2.07 bits per heavy atom. The SMILES string of the molecule is NC(=O)COc1cccc(C2CC(=O)Nc3c2ncn3-c2ccc(Cl)cc2)c1. The zero-order chi connectivity index (χ0) is 19.7. The van der Waals surface area contributed by atoms with Gasteiger partial charge < -0.3 is 15.8 Å². The number of nitrogens with two attached hydrogens (primary N) is 1. The van der Waals surface area contributed by atoms with Crippen LogP contribution in [0.4, 0.5) is 5.82 Å². The van der Waals surface area contributed by atoms with Crippen molar-refractivity contribution >= 4 is 29.2 Å². The zero-order valence-electron chi connectivity index (χ0n) is 14.8. The van der Waals surface area contributed by atoms with E-state index in [1.54, 1.807) is 30.6 Å². The minimum atomic E-state index is -0.550. The Labute approximate surface area is 166 Å². The number of aromatic nitrogens is 2. The van der Waals surface area contributed by atoms with Crippen molar-refractivity contribution in [2.45, 2.75) is 12.3 Å². The molecule has 0 radical (unpaired) electrons. The number of amides is 2. The van der Waals surface area contributed by atoms with Crippen LogP contribution in [-0.2, 0) is 9.59 Å². The molecule has 1 aromatic heterocycles. The van der Waals surface area contributed by atoms with Crippen molar-refractivity contribution in [1.29, 1.82) is 0 Å². The number of imidazole rings is 1. The summed E-state index contributed by atoms with van der Waals surface area (Å²) in [5.41, 5.74) is 7.62. The zero-order valence-corrected chi connectivity index (χ0v) is 15.5. The normalized spacial score (nSPS) is 15.6. The number of nitrogens with zero attached hydrogens (tertiary/aromatic N) is 2. The fourth-order valence-electron chi connectivity index (χ4n) is 3.26. The van der Waals surface area contributed by atoms with E-state index in [1.807, 2.05) is 28.8 Å². The number of benzene rings is 2. The van der Waals surface area contributed by atoms with E-state index in [0.717, 1.165) is 16.9 Å². The van der Waals surface area contributed by atoms with Gasteiger partial charge in [0.25, 0.3) is 5.91 Å². The molecule has 142 valence electrons. The summed E-state index contributed by atoms with van der Waals surface area (Å²) in [5.74, 6) is 0.269. The number of ether oxygens (including phenoxy) is 1. The van der Waals surface area contributed by atoms with Crippen LogP contribution >= 0.6 is 11.6 Å². The molecule has 8 heteroatoms. The lowest BCUT2D eigenvalue weighted by molar-refractivity contribution is -0.120. The third-order valence-corrected chi connectivity index (χ3v) is 4.77. The molecule has 28 heavy (non-hydrogen) atoms. The van der Waals surface area contributed by atoms with Crippen molar-refractivity contribution < 1.29 is 14.3 Å². The smallest absolute Gasteiger partial charge is 0.255 e. The van der Waals surface area contributed by atoms with Crippen LogP contribution in [0, 0.1) is 0 Å². The van der Waals surface area contributed by atoms with Gasteiger partial charge in [-0.2, -0.15) is 0 Å². The number of carbonyl (C=O) groups is 2. The lowest BCUT2D eigenvalue weighted by Gasteiger charge is -2.23. The average Bonchev–Trinajstić information content (AvgIpc) is 3.10. The molecule has 1 aliphatic heterocycles. The van der Waals surface area contributed by atoms with Crippen LogP contribution < -0.4 is 15.8 Å². The van der Waals surface area contributed by atoms with Crippen molar-refractivity contribution in [2.24, 2.45) is 5.73 Å². The van der Waals surface area contributed by atoms with Gasteiger partial charge in [-0.15, -0.1) is 0 Å². The predicted octanol–water partition coefficient (Wildman–Crippen LogP) is 2.86. The Balaban J connectivity index is 1.70. The summed E-state index contributed by atoms with van der Waals surface area (Å²) in [7, 11) is 0. The van der Waals surface area contributed by atoms with Gasteiger partial charge in [0.1, 0.15) is 17.9 Å². The summed E-state index contributed by atoms with van der Waals surface area (Å²) < 4.78 is 7.21. The van der Waals surface area contributed by atoms with Crippen LogP contribution in [-0.4, -0.2) is 28.0 Å². The Morgan fingerprint density at radius 3 is 2.82 bits per heavy atom. The highest BCUT2D eigenvalue weighted by molar-refractivity contribution is 6.30. The van der Waals surface area contributed by atoms with Gasteiger partial charge in [0.2, 0.25) is 5.91 Å². The molecule has 7 nitrogen and oxygen atoms in total. The van der Waals surface area contributed by atoms with Crippen LogP contribution in [0.15, 0.2) is 54.9 Å². The molecule has 2 heterocycles. The van der Waals surface area contributed by atoms with Crippen LogP contribution in [0.3, 0.4) is 0 Å². The Kier molecular flexibility index (Phi) is 4.75. The molecule has 1 atom stereocenters. The summed E-state index contributed by atoms with van der Waals surface area (Å²) in [4.78, 5) is 27.9. The highest BCUT2D eigenvalue weighted by Crippen LogP contribution is 2.38. The highest BCUT2D eigenvalue weighted by Gasteiger charge is 2.31. The van der Waals surface area contributed by atoms with Gasteiger partial charge in [-0.3, -0.25) is 14.2 Å². The number of primary amides is 1. The molecule has 2 aromatic carbocycles. The van der Waals surface area contributed by atoms with E-state index in [9.17, 15) is 9.59 Å². The number of fused-ring (bicyclic) bond motifs is 1. The van der Waals surface area contributed by atoms with Crippen LogP contribution in [0.25, 0.3) is 5.69 Å². The largest absolute Gasteiger partial charge is 0.484 e. The molecule has 1 aliphatic rings. The van der Waals surface area contributed by atoms with Crippen LogP contribution in [0.1, 0.15) is 23.6 Å². The molecule has 0 saturated carbocycles. The van der Waals surface area contributed by atoms with E-state index >= 15 is 0 Å². The number of hydrogen-bond donors (Lipinski definition) is 2. The molecule has 0 aliphatic carbocycles. The van der Waals surface area contributed by atoms with Crippen molar-refractivity contribution in [1.82, 2.24) is 9.55 Å². The summed E-state index contributed by atoms with van der Waals surface area (Å²) in [5, 5.41) is 3.54. The topological polar surface area (TPSA) is 99.2 Å². The van der Waals surface area contributed by atoms with Crippen LogP contribution in [0.5, 0.6) is 5.75 Å². The van der Waals surface area contributed by atoms with Crippen molar-refractivity contribution in [3.05, 3.63) is 71.1 Å². The third kappa shape index (κ3) is 3.57. The Morgan fingerprint density at radius 1 is 1.29 bits per heavy atom. The Hall–Kier alpha value is -3.32. The number of rotatable bonds is 5. The molecule has 0 fully saturated rings. The second kappa shape index (κ2) is 7.36. The molecule has 1 unspecified atom stereocenters. The number of anilines is 1. The molecule has 0 bridgehead atoms. The quantitative estimate of drug-likeness (QED) is 0.692. The maximum atomic E-state index is 12.4. The van der Waals surface area contributed by atoms with E-state index in [0.29, 0.717) is 16.6 Å². The number of carbonyl (C=O) groups excluding carboxylic acids is 2. The predicted molar refractivity (Wildman–Crippen MR) is 105 cm³/mol. The maximum absolute atomic E-state index is 12.4. The first-order chi connectivity index (χ1) is 13.5. The highest BCUT2D eigenvalue weighted by atomic mass is 35.5. The fourth-order valence-corrected chi connectivity index (χ4v) is 3.38. The molecule has 2 amide bonds. The van der Waals surface area contributed by atoms with Crippen molar-refractivity contribution in [3.8, 4) is 11.4 Å². The lowest BCUT2D eigenvalue weighted by atomic mass is 9.89. The number of nitrogens with one attached hydrogen (secondary N) is 1. The minimum absolute atomic E-state index is 0.100. The van der Waals surface area contributed by atoms with Gasteiger partial charge in [-0.1, -0.05) is 23.7 Å². The number of halogens is 1. The average molecular weight is 397 g/mol. The van der Waals surface area contributed by atoms with Gasteiger partial charge in [0.15, 0.2) is 6.61 Å². The second-order valence-electron chi connectivity index (χ2n) is 6.46. The first-order valence-electron chi connectivity index (χ1n) is 8.65. The van der Waals surface area contributed by atoms with Crippen LogP contribution in [0.2, 0.25) is 5.02 Å². The van der Waals surface area contributed by atoms with Gasteiger partial charge >= 0.3 is 0 Å². The number of hydrogen-bond acceptors (Lipinski definition) is 4. The maximum Gasteiger partial charge on any atom is 0.255 e. The molecule has 0 spiro atoms. The summed E-state index contributed by atoms with van der Waals surface area (Å²) in [6.07, 6.45) is 1.95. The minimum Gasteiger partial charge on any atom is -0.484 e. The molecule has 4 rings (SSSR count). The summed E-state index contributed by atoms with van der Waals surface area (Å²) in [6.45, 7) is -0.203. The second-order valence-corrected chi connectivity index (χ2v) is 6.89.